The van der Waals surface area contributed by atoms with E-state index in [1.54, 1.807) is 19.4 Å². The molecule has 2 rings (SSSR count). The standard InChI is InChI=1S/C13H13F2N3/c1-16-13(10-6-17-8-18-7-10)5-9-4-11(14)2-3-12(9)15/h2-4,6-8,13,16H,5H2,1H3. The first kappa shape index (κ1) is 12.6. The average molecular weight is 249 g/mol. The van der Waals surface area contributed by atoms with Crippen LogP contribution in [0, 0.1) is 11.6 Å². The molecule has 1 aromatic heterocycles. The summed E-state index contributed by atoms with van der Waals surface area (Å²) in [5.41, 5.74) is 1.17. The number of likely N-dealkylation sites (N-methyl/N-ethyl adjacent to an activating group) is 1. The maximum absolute atomic E-state index is 13.6. The van der Waals surface area contributed by atoms with Gasteiger partial charge in [0.05, 0.1) is 0 Å². The molecule has 0 aliphatic carbocycles. The molecule has 1 aromatic carbocycles. The van der Waals surface area contributed by atoms with Gasteiger partial charge < -0.3 is 5.32 Å². The quantitative estimate of drug-likeness (QED) is 0.903. The Hall–Kier alpha value is -1.88. The van der Waals surface area contributed by atoms with Crippen LogP contribution in [0.2, 0.25) is 0 Å². The van der Waals surface area contributed by atoms with E-state index >= 15 is 0 Å². The number of nitrogens with zero attached hydrogens (tertiary/aromatic N) is 2. The SMILES string of the molecule is CNC(Cc1cc(F)ccc1F)c1cncnc1. The van der Waals surface area contributed by atoms with Crippen LogP contribution in [0.4, 0.5) is 8.78 Å². The summed E-state index contributed by atoms with van der Waals surface area (Å²) in [5, 5.41) is 3.04. The molecule has 3 nitrogen and oxygen atoms in total. The molecule has 0 radical (unpaired) electrons. The van der Waals surface area contributed by atoms with Crippen molar-refractivity contribution in [2.75, 3.05) is 7.05 Å². The van der Waals surface area contributed by atoms with Gasteiger partial charge >= 0.3 is 0 Å². The van der Waals surface area contributed by atoms with Crippen LogP contribution in [0.3, 0.4) is 0 Å². The molecular formula is C13H13F2N3. The molecular weight excluding hydrogens is 236 g/mol. The number of hydrogen-bond acceptors (Lipinski definition) is 3. The third-order valence-electron chi connectivity index (χ3n) is 2.76. The number of nitrogens with one attached hydrogen (secondary N) is 1. The van der Waals surface area contributed by atoms with Gasteiger partial charge in [0, 0.05) is 24.0 Å². The second kappa shape index (κ2) is 5.64. The Labute approximate surface area is 104 Å². The molecule has 1 atom stereocenters. The van der Waals surface area contributed by atoms with E-state index in [4.69, 9.17) is 0 Å². The molecule has 94 valence electrons. The van der Waals surface area contributed by atoms with E-state index < -0.39 is 11.6 Å². The van der Waals surface area contributed by atoms with E-state index in [1.807, 2.05) is 0 Å². The lowest BCUT2D eigenvalue weighted by Crippen LogP contribution is -2.19. The highest BCUT2D eigenvalue weighted by molar-refractivity contribution is 5.22. The highest BCUT2D eigenvalue weighted by Crippen LogP contribution is 2.19. The molecule has 0 bridgehead atoms. The molecule has 0 saturated carbocycles. The Balaban J connectivity index is 2.23. The summed E-state index contributed by atoms with van der Waals surface area (Å²) in [6, 6.07) is 3.31. The van der Waals surface area contributed by atoms with E-state index in [1.165, 1.54) is 12.4 Å². The van der Waals surface area contributed by atoms with Crippen molar-refractivity contribution in [2.45, 2.75) is 12.5 Å². The minimum atomic E-state index is -0.439. The number of aromatic nitrogens is 2. The Bertz CT molecular complexity index is 517. The maximum atomic E-state index is 13.6. The van der Waals surface area contributed by atoms with E-state index in [0.717, 1.165) is 17.7 Å². The predicted octanol–water partition coefficient (Wildman–Crippen LogP) is 2.26. The van der Waals surface area contributed by atoms with Gasteiger partial charge in [0.25, 0.3) is 0 Å². The Morgan fingerprint density at radius 2 is 1.94 bits per heavy atom. The first-order valence-electron chi connectivity index (χ1n) is 5.57. The van der Waals surface area contributed by atoms with Gasteiger partial charge in [-0.3, -0.25) is 0 Å². The van der Waals surface area contributed by atoms with Crippen LogP contribution in [0.15, 0.2) is 36.9 Å². The fraction of sp³-hybridized carbons (Fsp3) is 0.231. The summed E-state index contributed by atoms with van der Waals surface area (Å²) in [7, 11) is 1.76. The van der Waals surface area contributed by atoms with Gasteiger partial charge in [-0.1, -0.05) is 0 Å². The number of hydrogen-bond donors (Lipinski definition) is 1. The molecule has 0 fully saturated rings. The Morgan fingerprint density at radius 3 is 2.61 bits per heavy atom. The van der Waals surface area contributed by atoms with Crippen molar-refractivity contribution in [3.8, 4) is 0 Å². The summed E-state index contributed by atoms with van der Waals surface area (Å²) >= 11 is 0. The molecule has 2 aromatic rings. The molecule has 5 heteroatoms. The van der Waals surface area contributed by atoms with Crippen molar-refractivity contribution >= 4 is 0 Å². The monoisotopic (exact) mass is 249 g/mol. The smallest absolute Gasteiger partial charge is 0.126 e. The topological polar surface area (TPSA) is 37.8 Å². The van der Waals surface area contributed by atoms with Crippen LogP contribution in [-0.4, -0.2) is 17.0 Å². The summed E-state index contributed by atoms with van der Waals surface area (Å²) < 4.78 is 26.6. The minimum absolute atomic E-state index is 0.150. The second-order valence-corrected chi connectivity index (χ2v) is 3.95. The molecule has 0 spiro atoms. The number of rotatable bonds is 4. The third-order valence-corrected chi connectivity index (χ3v) is 2.76. The van der Waals surface area contributed by atoms with Crippen LogP contribution in [0.25, 0.3) is 0 Å². The first-order valence-corrected chi connectivity index (χ1v) is 5.57. The van der Waals surface area contributed by atoms with Crippen molar-refractivity contribution < 1.29 is 8.78 Å². The fourth-order valence-corrected chi connectivity index (χ4v) is 1.80. The zero-order valence-corrected chi connectivity index (χ0v) is 9.90. The van der Waals surface area contributed by atoms with Gasteiger partial charge in [-0.2, -0.15) is 0 Å². The van der Waals surface area contributed by atoms with E-state index in [-0.39, 0.29) is 6.04 Å². The molecule has 1 N–H and O–H groups in total. The van der Waals surface area contributed by atoms with Gasteiger partial charge in [-0.25, -0.2) is 18.7 Å². The van der Waals surface area contributed by atoms with Crippen molar-refractivity contribution in [1.29, 1.82) is 0 Å². The highest BCUT2D eigenvalue weighted by atomic mass is 19.1. The zero-order chi connectivity index (χ0) is 13.0. The van der Waals surface area contributed by atoms with E-state index in [2.05, 4.69) is 15.3 Å². The van der Waals surface area contributed by atoms with Crippen molar-refractivity contribution in [1.82, 2.24) is 15.3 Å². The average Bonchev–Trinajstić information content (AvgIpc) is 2.41. The van der Waals surface area contributed by atoms with Gasteiger partial charge in [-0.15, -0.1) is 0 Å². The normalized spacial score (nSPS) is 12.4. The van der Waals surface area contributed by atoms with Crippen molar-refractivity contribution in [3.05, 3.63) is 59.7 Å². The lowest BCUT2D eigenvalue weighted by Gasteiger charge is -2.16. The maximum Gasteiger partial charge on any atom is 0.126 e. The largest absolute Gasteiger partial charge is 0.313 e. The van der Waals surface area contributed by atoms with Gasteiger partial charge in [0.15, 0.2) is 0 Å². The zero-order valence-electron chi connectivity index (χ0n) is 9.90. The summed E-state index contributed by atoms with van der Waals surface area (Å²) in [5.74, 6) is -0.848. The van der Waals surface area contributed by atoms with Crippen LogP contribution in [-0.2, 0) is 6.42 Å². The lowest BCUT2D eigenvalue weighted by molar-refractivity contribution is 0.542. The van der Waals surface area contributed by atoms with Crippen molar-refractivity contribution in [2.24, 2.45) is 0 Å². The lowest BCUT2D eigenvalue weighted by atomic mass is 10.0. The molecule has 0 amide bonds. The Morgan fingerprint density at radius 1 is 1.22 bits per heavy atom. The summed E-state index contributed by atoms with van der Waals surface area (Å²) in [4.78, 5) is 7.83. The third kappa shape index (κ3) is 2.87. The Kier molecular flexibility index (Phi) is 3.94. The van der Waals surface area contributed by atoms with Crippen LogP contribution < -0.4 is 5.32 Å². The molecule has 1 heterocycles. The first-order chi connectivity index (χ1) is 8.70. The summed E-state index contributed by atoms with van der Waals surface area (Å²) in [6.45, 7) is 0. The summed E-state index contributed by atoms with van der Waals surface area (Å²) in [6.07, 6.45) is 5.09. The molecule has 0 aliphatic rings. The van der Waals surface area contributed by atoms with E-state index in [9.17, 15) is 8.78 Å². The van der Waals surface area contributed by atoms with Gasteiger partial charge in [-0.05, 0) is 37.2 Å². The fourth-order valence-electron chi connectivity index (χ4n) is 1.80. The van der Waals surface area contributed by atoms with Crippen molar-refractivity contribution in [3.63, 3.8) is 0 Å². The number of halogens is 2. The second-order valence-electron chi connectivity index (χ2n) is 3.95. The molecule has 0 saturated heterocycles. The predicted molar refractivity (Wildman–Crippen MR) is 63.9 cm³/mol. The minimum Gasteiger partial charge on any atom is -0.313 e. The molecule has 0 aliphatic heterocycles. The molecule has 18 heavy (non-hydrogen) atoms. The van der Waals surface area contributed by atoms with Crippen LogP contribution in [0.1, 0.15) is 17.2 Å². The molecule has 1 unspecified atom stereocenters. The van der Waals surface area contributed by atoms with Gasteiger partial charge in [0.1, 0.15) is 18.0 Å². The van der Waals surface area contributed by atoms with Crippen LogP contribution >= 0.6 is 0 Å². The van der Waals surface area contributed by atoms with Gasteiger partial charge in [0.2, 0.25) is 0 Å². The number of benzene rings is 1. The highest BCUT2D eigenvalue weighted by Gasteiger charge is 2.13. The van der Waals surface area contributed by atoms with E-state index in [0.29, 0.717) is 12.0 Å². The van der Waals surface area contributed by atoms with Crippen LogP contribution in [0.5, 0.6) is 0 Å².